The lowest BCUT2D eigenvalue weighted by Crippen LogP contribution is -3.00. The molecule has 0 amide bonds. The molecule has 0 aliphatic carbocycles. The van der Waals surface area contributed by atoms with E-state index in [2.05, 4.69) is 42.8 Å². The lowest BCUT2D eigenvalue weighted by molar-refractivity contribution is -0.751. The van der Waals surface area contributed by atoms with Crippen LogP contribution in [0.3, 0.4) is 0 Å². The van der Waals surface area contributed by atoms with Crippen molar-refractivity contribution in [3.63, 3.8) is 0 Å². The summed E-state index contributed by atoms with van der Waals surface area (Å²) in [4.78, 5) is 0. The number of hydrogen-bond donors (Lipinski definition) is 0. The van der Waals surface area contributed by atoms with E-state index in [0.29, 0.717) is 0 Å². The Morgan fingerprint density at radius 1 is 1.55 bits per heavy atom. The quantitative estimate of drug-likeness (QED) is 0.451. The van der Waals surface area contributed by atoms with Crippen molar-refractivity contribution in [3.8, 4) is 0 Å². The van der Waals surface area contributed by atoms with Crippen LogP contribution in [0.25, 0.3) is 0 Å². The maximum Gasteiger partial charge on any atom is 0.198 e. The van der Waals surface area contributed by atoms with Crippen molar-refractivity contribution >= 4 is 0 Å². The minimum atomic E-state index is 0. The van der Waals surface area contributed by atoms with Crippen LogP contribution in [0.15, 0.2) is 12.4 Å². The summed E-state index contributed by atoms with van der Waals surface area (Å²) in [6.45, 7) is 2.20. The smallest absolute Gasteiger partial charge is 0.198 e. The Morgan fingerprint density at radius 3 is 2.55 bits per heavy atom. The molecule has 1 rings (SSSR count). The molecular formula is C8H15ClN2. The molecule has 2 nitrogen and oxygen atoms in total. The van der Waals surface area contributed by atoms with E-state index in [1.807, 2.05) is 0 Å². The number of halogens is 1. The fraction of sp³-hybridized carbons (Fsp3) is 0.625. The third kappa shape index (κ3) is 2.54. The van der Waals surface area contributed by atoms with E-state index in [9.17, 15) is 0 Å². The SMILES string of the molecule is CCCc1cn(C)[n+](C)c1.[Cl-]. The molecule has 1 heterocycles. The number of aryl methyl sites for hydroxylation is 3. The Bertz CT molecular complexity index is 198. The zero-order valence-electron chi connectivity index (χ0n) is 7.34. The largest absolute Gasteiger partial charge is 1.00 e. The predicted molar refractivity (Wildman–Crippen MR) is 40.6 cm³/mol. The van der Waals surface area contributed by atoms with Gasteiger partial charge in [0, 0.05) is 5.56 Å². The first kappa shape index (κ1) is 10.5. The summed E-state index contributed by atoms with van der Waals surface area (Å²) in [6.07, 6.45) is 6.76. The van der Waals surface area contributed by atoms with Crippen molar-refractivity contribution in [1.82, 2.24) is 4.68 Å². The molecule has 11 heavy (non-hydrogen) atoms. The average molecular weight is 175 g/mol. The molecule has 0 bridgehead atoms. The van der Waals surface area contributed by atoms with Crippen LogP contribution in [0.4, 0.5) is 0 Å². The van der Waals surface area contributed by atoms with Crippen molar-refractivity contribution in [2.24, 2.45) is 14.1 Å². The van der Waals surface area contributed by atoms with Gasteiger partial charge in [-0.05, 0) is 6.42 Å². The van der Waals surface area contributed by atoms with Crippen molar-refractivity contribution in [1.29, 1.82) is 0 Å². The molecule has 0 fully saturated rings. The highest BCUT2D eigenvalue weighted by Gasteiger charge is 2.02. The number of aromatic nitrogens is 2. The molecule has 0 aromatic carbocycles. The highest BCUT2D eigenvalue weighted by Crippen LogP contribution is 1.97. The Balaban J connectivity index is 0.000001000. The standard InChI is InChI=1S/C8H15N2.ClH/c1-4-5-8-6-9(2)10(3)7-8;/h6-7H,4-5H2,1-3H3;1H/q+1;/p-1. The van der Waals surface area contributed by atoms with Crippen LogP contribution in [-0.4, -0.2) is 4.68 Å². The summed E-state index contributed by atoms with van der Waals surface area (Å²) in [6, 6.07) is 0. The molecule has 1 aromatic rings. The van der Waals surface area contributed by atoms with Gasteiger partial charge in [0.25, 0.3) is 0 Å². The van der Waals surface area contributed by atoms with Crippen molar-refractivity contribution in [3.05, 3.63) is 18.0 Å². The van der Waals surface area contributed by atoms with E-state index in [1.165, 1.54) is 18.4 Å². The van der Waals surface area contributed by atoms with Gasteiger partial charge in [0.15, 0.2) is 13.2 Å². The molecule has 0 radical (unpaired) electrons. The van der Waals surface area contributed by atoms with Crippen molar-refractivity contribution in [2.75, 3.05) is 0 Å². The molecule has 0 atom stereocenters. The Hall–Kier alpha value is -0.500. The molecule has 64 valence electrons. The second kappa shape index (κ2) is 4.39. The molecule has 0 N–H and O–H groups in total. The lowest BCUT2D eigenvalue weighted by atomic mass is 10.2. The molecule has 0 unspecified atom stereocenters. The molecule has 0 aliphatic heterocycles. The van der Waals surface area contributed by atoms with Crippen LogP contribution in [0, 0.1) is 0 Å². The second-order valence-electron chi connectivity index (χ2n) is 2.73. The molecule has 1 aromatic heterocycles. The highest BCUT2D eigenvalue weighted by molar-refractivity contribution is 4.99. The van der Waals surface area contributed by atoms with E-state index < -0.39 is 0 Å². The lowest BCUT2D eigenvalue weighted by Gasteiger charge is -1.83. The van der Waals surface area contributed by atoms with Crippen LogP contribution in [0.1, 0.15) is 18.9 Å². The number of rotatable bonds is 2. The first-order chi connectivity index (χ1) is 4.74. The second-order valence-corrected chi connectivity index (χ2v) is 2.73. The zero-order valence-corrected chi connectivity index (χ0v) is 8.10. The summed E-state index contributed by atoms with van der Waals surface area (Å²) in [7, 11) is 4.11. The Kier molecular flexibility index (Phi) is 4.19. The third-order valence-corrected chi connectivity index (χ3v) is 1.74. The molecule has 0 saturated heterocycles. The minimum Gasteiger partial charge on any atom is -1.00 e. The Morgan fingerprint density at radius 2 is 2.18 bits per heavy atom. The van der Waals surface area contributed by atoms with Crippen LogP contribution < -0.4 is 17.1 Å². The van der Waals surface area contributed by atoms with Gasteiger partial charge in [-0.15, -0.1) is 4.68 Å². The minimum absolute atomic E-state index is 0. The summed E-state index contributed by atoms with van der Waals surface area (Å²) in [5, 5.41) is 0. The normalized spacial score (nSPS) is 9.36. The van der Waals surface area contributed by atoms with Gasteiger partial charge in [0.2, 0.25) is 0 Å². The van der Waals surface area contributed by atoms with Gasteiger partial charge < -0.3 is 12.4 Å². The summed E-state index contributed by atoms with van der Waals surface area (Å²) in [5.74, 6) is 0. The molecule has 0 spiro atoms. The maximum atomic E-state index is 2.20. The van der Waals surface area contributed by atoms with Gasteiger partial charge in [-0.25, -0.2) is 0 Å². The monoisotopic (exact) mass is 174 g/mol. The molecule has 0 aliphatic rings. The summed E-state index contributed by atoms with van der Waals surface area (Å²) < 4.78 is 4.18. The topological polar surface area (TPSA) is 8.81 Å². The van der Waals surface area contributed by atoms with Crippen LogP contribution in [0.2, 0.25) is 0 Å². The molecular weight excluding hydrogens is 160 g/mol. The van der Waals surface area contributed by atoms with Gasteiger partial charge in [-0.2, -0.15) is 4.68 Å². The highest BCUT2D eigenvalue weighted by atomic mass is 35.5. The fourth-order valence-corrected chi connectivity index (χ4v) is 1.11. The summed E-state index contributed by atoms with van der Waals surface area (Å²) >= 11 is 0. The average Bonchev–Trinajstić information content (AvgIpc) is 2.14. The van der Waals surface area contributed by atoms with Crippen molar-refractivity contribution in [2.45, 2.75) is 19.8 Å². The van der Waals surface area contributed by atoms with E-state index in [1.54, 1.807) is 0 Å². The molecule has 0 saturated carbocycles. The van der Waals surface area contributed by atoms with Crippen LogP contribution in [-0.2, 0) is 20.5 Å². The van der Waals surface area contributed by atoms with Gasteiger partial charge in [-0.3, -0.25) is 0 Å². The number of hydrogen-bond acceptors (Lipinski definition) is 0. The van der Waals surface area contributed by atoms with Crippen LogP contribution >= 0.6 is 0 Å². The van der Waals surface area contributed by atoms with Crippen LogP contribution in [0.5, 0.6) is 0 Å². The zero-order chi connectivity index (χ0) is 7.56. The van der Waals surface area contributed by atoms with Gasteiger partial charge in [0.05, 0.1) is 13.2 Å². The van der Waals surface area contributed by atoms with Gasteiger partial charge in [0.1, 0.15) is 0 Å². The molecule has 3 heteroatoms. The maximum absolute atomic E-state index is 2.20. The Labute approximate surface area is 74.2 Å². The van der Waals surface area contributed by atoms with E-state index in [4.69, 9.17) is 0 Å². The predicted octanol–water partition coefficient (Wildman–Crippen LogP) is -2.19. The van der Waals surface area contributed by atoms with Crippen molar-refractivity contribution < 1.29 is 17.1 Å². The van der Waals surface area contributed by atoms with E-state index in [0.717, 1.165) is 0 Å². The summed E-state index contributed by atoms with van der Waals surface area (Å²) in [5.41, 5.74) is 1.42. The first-order valence-electron chi connectivity index (χ1n) is 3.75. The van der Waals surface area contributed by atoms with E-state index in [-0.39, 0.29) is 12.4 Å². The fourth-order valence-electron chi connectivity index (χ4n) is 1.11. The number of nitrogens with zero attached hydrogens (tertiary/aromatic N) is 2. The first-order valence-corrected chi connectivity index (χ1v) is 3.75. The van der Waals surface area contributed by atoms with E-state index >= 15 is 0 Å². The van der Waals surface area contributed by atoms with Gasteiger partial charge >= 0.3 is 0 Å². The van der Waals surface area contributed by atoms with Gasteiger partial charge in [-0.1, -0.05) is 13.3 Å². The third-order valence-electron chi connectivity index (χ3n) is 1.74.